The number of hydrogen-bond donors (Lipinski definition) is 1. The number of benzene rings is 1. The number of aromatic nitrogens is 4. The molecule has 1 aromatic carbocycles. The average Bonchev–Trinajstić information content (AvgIpc) is 3.56. The summed E-state index contributed by atoms with van der Waals surface area (Å²) in [5.74, 6) is 0.480. The van der Waals surface area contributed by atoms with Crippen LogP contribution in [0.1, 0.15) is 63.2 Å². The third kappa shape index (κ3) is 6.09. The highest BCUT2D eigenvalue weighted by Crippen LogP contribution is 2.32. The van der Waals surface area contributed by atoms with Crippen molar-refractivity contribution in [2.45, 2.75) is 52.4 Å². The summed E-state index contributed by atoms with van der Waals surface area (Å²) < 4.78 is 15.6. The van der Waals surface area contributed by atoms with Crippen molar-refractivity contribution in [1.29, 1.82) is 0 Å². The van der Waals surface area contributed by atoms with E-state index in [1.54, 1.807) is 29.9 Å². The summed E-state index contributed by atoms with van der Waals surface area (Å²) in [7, 11) is 0. The summed E-state index contributed by atoms with van der Waals surface area (Å²) in [6.07, 6.45) is 5.18. The lowest BCUT2D eigenvalue weighted by Gasteiger charge is -2.34. The maximum Gasteiger partial charge on any atom is 0.275 e. The second-order valence-corrected chi connectivity index (χ2v) is 11.0. The van der Waals surface area contributed by atoms with Gasteiger partial charge in [-0.15, -0.1) is 11.3 Å². The number of aryl methyl sites for hydroxylation is 4. The van der Waals surface area contributed by atoms with E-state index >= 15 is 0 Å². The number of nitrogens with zero attached hydrogens (tertiary/aromatic N) is 5. The number of piperidine rings is 1. The van der Waals surface area contributed by atoms with Gasteiger partial charge in [-0.05, 0) is 81.8 Å². The van der Waals surface area contributed by atoms with E-state index in [2.05, 4.69) is 26.9 Å². The predicted octanol–water partition coefficient (Wildman–Crippen LogP) is 6.37. The van der Waals surface area contributed by atoms with Gasteiger partial charge in [-0.2, -0.15) is 5.10 Å². The van der Waals surface area contributed by atoms with Crippen molar-refractivity contribution in [1.82, 2.24) is 24.6 Å². The fraction of sp³-hybridized carbons (Fsp3) is 0.333. The molecule has 5 rings (SSSR count). The van der Waals surface area contributed by atoms with Crippen molar-refractivity contribution in [2.75, 3.05) is 18.4 Å². The lowest BCUT2D eigenvalue weighted by Crippen LogP contribution is -2.32. The maximum atomic E-state index is 13.9. The van der Waals surface area contributed by atoms with Gasteiger partial charge < -0.3 is 10.2 Å². The number of carbonyl (C=O) groups is 1. The van der Waals surface area contributed by atoms with Gasteiger partial charge in [0.05, 0.1) is 16.4 Å². The molecular weight excluding hydrogens is 511 g/mol. The molecule has 0 atom stereocenters. The molecule has 4 aromatic rings. The molecule has 0 unspecified atom stereocenters. The summed E-state index contributed by atoms with van der Waals surface area (Å²) in [5, 5.41) is 10.3. The first-order valence-electron chi connectivity index (χ1n) is 13.2. The highest BCUT2D eigenvalue weighted by Gasteiger charge is 2.25. The Morgan fingerprint density at radius 3 is 2.69 bits per heavy atom. The van der Waals surface area contributed by atoms with Crippen LogP contribution >= 0.6 is 11.3 Å². The Labute approximate surface area is 232 Å². The van der Waals surface area contributed by atoms with Gasteiger partial charge in [-0.25, -0.2) is 19.0 Å². The number of thiazole rings is 1. The van der Waals surface area contributed by atoms with Crippen molar-refractivity contribution < 1.29 is 9.18 Å². The van der Waals surface area contributed by atoms with Crippen LogP contribution in [0.4, 0.5) is 10.1 Å². The first-order valence-corrected chi connectivity index (χ1v) is 14.1. The summed E-state index contributed by atoms with van der Waals surface area (Å²) in [6.45, 7) is 11.7. The number of nitrogens with one attached hydrogen (secondary N) is 1. The highest BCUT2D eigenvalue weighted by molar-refractivity contribution is 7.10. The number of halogens is 1. The Balaban J connectivity index is 1.16. The van der Waals surface area contributed by atoms with Gasteiger partial charge in [-0.3, -0.25) is 4.79 Å². The van der Waals surface area contributed by atoms with Crippen LogP contribution in [0, 0.1) is 26.6 Å². The average molecular weight is 545 g/mol. The van der Waals surface area contributed by atoms with E-state index < -0.39 is 0 Å². The monoisotopic (exact) mass is 544 g/mol. The molecule has 1 aliphatic heterocycles. The Morgan fingerprint density at radius 2 is 1.97 bits per heavy atom. The van der Waals surface area contributed by atoms with Gasteiger partial charge in [0.1, 0.15) is 11.5 Å². The van der Waals surface area contributed by atoms with E-state index in [0.29, 0.717) is 28.7 Å². The Morgan fingerprint density at radius 1 is 1.18 bits per heavy atom. The normalized spacial score (nSPS) is 14.0. The molecular formula is C30H33FN6OS. The van der Waals surface area contributed by atoms with Crippen LogP contribution in [0.15, 0.2) is 60.3 Å². The number of rotatable bonds is 8. The molecule has 1 fully saturated rings. The van der Waals surface area contributed by atoms with Crippen LogP contribution < -0.4 is 5.32 Å². The molecule has 4 heterocycles. The standard InChI is InChI=1S/C30H33FN6OS/c1-19-7-9-23(17-25(19)31)10-8-21(3)36-14-11-24(12-15-36)30-34-27(18-39-30)29(38)33-26-6-5-13-32-28(26)37-22(4)16-20(2)35-37/h5-7,9,13,16-18,24H,3,8,10-12,14-15H2,1-2,4H3,(H,33,38). The molecule has 0 radical (unpaired) electrons. The molecule has 3 aromatic heterocycles. The van der Waals surface area contributed by atoms with E-state index in [-0.39, 0.29) is 11.7 Å². The third-order valence-corrected chi connectivity index (χ3v) is 8.24. The molecule has 1 amide bonds. The van der Waals surface area contributed by atoms with Crippen molar-refractivity contribution in [3.05, 3.63) is 99.3 Å². The van der Waals surface area contributed by atoms with Crippen LogP contribution in [0.25, 0.3) is 5.82 Å². The Bertz CT molecular complexity index is 1500. The first kappa shape index (κ1) is 26.7. The van der Waals surface area contributed by atoms with Gasteiger partial charge in [0.25, 0.3) is 5.91 Å². The zero-order valence-electron chi connectivity index (χ0n) is 22.6. The highest BCUT2D eigenvalue weighted by atomic mass is 32.1. The van der Waals surface area contributed by atoms with Gasteiger partial charge >= 0.3 is 0 Å². The molecule has 0 saturated carbocycles. The summed E-state index contributed by atoms with van der Waals surface area (Å²) >= 11 is 1.54. The van der Waals surface area contributed by atoms with Crippen molar-refractivity contribution in [2.24, 2.45) is 0 Å². The minimum atomic E-state index is -0.258. The largest absolute Gasteiger partial charge is 0.375 e. The van der Waals surface area contributed by atoms with E-state index in [4.69, 9.17) is 4.98 Å². The molecule has 39 heavy (non-hydrogen) atoms. The number of carbonyl (C=O) groups excluding carboxylic acids is 1. The van der Waals surface area contributed by atoms with Crippen molar-refractivity contribution in [3.63, 3.8) is 0 Å². The van der Waals surface area contributed by atoms with E-state index in [0.717, 1.165) is 66.4 Å². The topological polar surface area (TPSA) is 75.9 Å². The molecule has 9 heteroatoms. The van der Waals surface area contributed by atoms with Crippen molar-refractivity contribution in [3.8, 4) is 5.82 Å². The number of likely N-dealkylation sites (tertiary alicyclic amines) is 1. The summed E-state index contributed by atoms with van der Waals surface area (Å²) in [6, 6.07) is 11.0. The molecule has 1 saturated heterocycles. The number of anilines is 1. The lowest BCUT2D eigenvalue weighted by atomic mass is 9.96. The van der Waals surface area contributed by atoms with Crippen molar-refractivity contribution >= 4 is 22.9 Å². The summed E-state index contributed by atoms with van der Waals surface area (Å²) in [5.41, 5.74) is 5.58. The van der Waals surface area contributed by atoms with E-state index in [1.165, 1.54) is 11.3 Å². The van der Waals surface area contributed by atoms with Crippen LogP contribution in [0.2, 0.25) is 0 Å². The zero-order valence-corrected chi connectivity index (χ0v) is 23.4. The van der Waals surface area contributed by atoms with Gasteiger partial charge in [0.2, 0.25) is 0 Å². The van der Waals surface area contributed by atoms with Crippen LogP contribution in [0.5, 0.6) is 0 Å². The molecule has 0 spiro atoms. The predicted molar refractivity (Wildman–Crippen MR) is 153 cm³/mol. The number of allylic oxidation sites excluding steroid dienone is 1. The second-order valence-electron chi connectivity index (χ2n) is 10.1. The van der Waals surface area contributed by atoms with Crippen LogP contribution in [-0.4, -0.2) is 43.6 Å². The Kier molecular flexibility index (Phi) is 7.88. The second kappa shape index (κ2) is 11.5. The molecule has 202 valence electrons. The van der Waals surface area contributed by atoms with Gasteiger partial charge in [0, 0.05) is 42.0 Å². The quantitative estimate of drug-likeness (QED) is 0.279. The Hall–Kier alpha value is -3.85. The first-order chi connectivity index (χ1) is 18.8. The molecule has 7 nitrogen and oxygen atoms in total. The van der Waals surface area contributed by atoms with Gasteiger partial charge in [-0.1, -0.05) is 18.7 Å². The maximum absolute atomic E-state index is 13.9. The molecule has 0 aliphatic carbocycles. The van der Waals surface area contributed by atoms with E-state index in [1.807, 2.05) is 43.5 Å². The number of amides is 1. The smallest absolute Gasteiger partial charge is 0.275 e. The third-order valence-electron chi connectivity index (χ3n) is 7.23. The number of pyridine rings is 1. The lowest BCUT2D eigenvalue weighted by molar-refractivity contribution is 0.102. The van der Waals surface area contributed by atoms with Crippen LogP contribution in [-0.2, 0) is 6.42 Å². The van der Waals surface area contributed by atoms with E-state index in [9.17, 15) is 9.18 Å². The minimum absolute atomic E-state index is 0.153. The molecule has 0 bridgehead atoms. The zero-order chi connectivity index (χ0) is 27.5. The molecule has 1 N–H and O–H groups in total. The molecule has 1 aliphatic rings. The fourth-order valence-corrected chi connectivity index (χ4v) is 5.93. The summed E-state index contributed by atoms with van der Waals surface area (Å²) in [4.78, 5) is 24.6. The number of hydrogen-bond acceptors (Lipinski definition) is 6. The van der Waals surface area contributed by atoms with Crippen LogP contribution in [0.3, 0.4) is 0 Å². The minimum Gasteiger partial charge on any atom is -0.375 e. The SMILES string of the molecule is C=C(CCc1ccc(C)c(F)c1)N1CCC(c2nc(C(=O)Nc3cccnc3-n3nc(C)cc3C)cs2)CC1. The fourth-order valence-electron chi connectivity index (χ4n) is 4.95. The van der Waals surface area contributed by atoms with Gasteiger partial charge in [0.15, 0.2) is 5.82 Å².